The van der Waals surface area contributed by atoms with E-state index in [1.165, 1.54) is 0 Å². The van der Waals surface area contributed by atoms with Crippen molar-refractivity contribution in [2.24, 2.45) is 0 Å². The molecule has 0 bridgehead atoms. The van der Waals surface area contributed by atoms with Crippen LogP contribution in [0.15, 0.2) is 24.8 Å². The second kappa shape index (κ2) is 8.35. The van der Waals surface area contributed by atoms with Gasteiger partial charge in [0.1, 0.15) is 6.10 Å². The van der Waals surface area contributed by atoms with Crippen LogP contribution in [0.3, 0.4) is 0 Å². The van der Waals surface area contributed by atoms with E-state index in [9.17, 15) is 4.79 Å². The molecule has 3 nitrogen and oxygen atoms in total. The molecule has 0 fully saturated rings. The van der Waals surface area contributed by atoms with Gasteiger partial charge in [-0.2, -0.15) is 0 Å². The Kier molecular flexibility index (Phi) is 7.61. The lowest BCUT2D eigenvalue weighted by Crippen LogP contribution is -2.16. The maximum absolute atomic E-state index is 10.9. The van der Waals surface area contributed by atoms with Crippen molar-refractivity contribution >= 4 is 6.16 Å². The zero-order chi connectivity index (χ0) is 10.8. The van der Waals surface area contributed by atoms with Crippen LogP contribution < -0.4 is 0 Å². The van der Waals surface area contributed by atoms with Crippen LogP contribution in [0, 0.1) is 0 Å². The smallest absolute Gasteiger partial charge is 0.435 e. The van der Waals surface area contributed by atoms with Crippen molar-refractivity contribution in [3.63, 3.8) is 0 Å². The molecule has 1 atom stereocenters. The molecule has 0 aliphatic heterocycles. The van der Waals surface area contributed by atoms with Crippen LogP contribution in [0.25, 0.3) is 0 Å². The number of allylic oxidation sites excluding steroid dienone is 2. The van der Waals surface area contributed by atoms with Crippen molar-refractivity contribution in [2.75, 3.05) is 6.61 Å². The van der Waals surface area contributed by atoms with Crippen molar-refractivity contribution in [3.8, 4) is 0 Å². The Morgan fingerprint density at radius 2 is 2.29 bits per heavy atom. The van der Waals surface area contributed by atoms with Gasteiger partial charge in [0, 0.05) is 0 Å². The second-order valence-electron chi connectivity index (χ2n) is 2.72. The van der Waals surface area contributed by atoms with Gasteiger partial charge in [-0.3, -0.25) is 0 Å². The normalized spacial score (nSPS) is 12.4. The minimum absolute atomic E-state index is 0.259. The van der Waals surface area contributed by atoms with E-state index in [0.29, 0.717) is 6.61 Å². The zero-order valence-corrected chi connectivity index (χ0v) is 8.86. The lowest BCUT2D eigenvalue weighted by Gasteiger charge is -2.12. The SMILES string of the molecule is C=CC(CC/C=C/C)OC(=O)OCC. The van der Waals surface area contributed by atoms with Gasteiger partial charge in [-0.15, -0.1) is 0 Å². The lowest BCUT2D eigenvalue weighted by atomic mass is 10.2. The van der Waals surface area contributed by atoms with Gasteiger partial charge in [0.05, 0.1) is 6.61 Å². The Hall–Kier alpha value is -1.25. The van der Waals surface area contributed by atoms with E-state index in [2.05, 4.69) is 11.3 Å². The van der Waals surface area contributed by atoms with Gasteiger partial charge in [-0.05, 0) is 26.7 Å². The molecule has 1 unspecified atom stereocenters. The van der Waals surface area contributed by atoms with Crippen LogP contribution in [0.4, 0.5) is 4.79 Å². The first-order valence-electron chi connectivity index (χ1n) is 4.81. The molecule has 0 aliphatic carbocycles. The van der Waals surface area contributed by atoms with Crippen molar-refractivity contribution < 1.29 is 14.3 Å². The Labute approximate surface area is 85.4 Å². The molecule has 0 spiro atoms. The van der Waals surface area contributed by atoms with Gasteiger partial charge in [0.2, 0.25) is 0 Å². The van der Waals surface area contributed by atoms with E-state index < -0.39 is 6.16 Å². The van der Waals surface area contributed by atoms with Crippen LogP contribution in [0.1, 0.15) is 26.7 Å². The summed E-state index contributed by atoms with van der Waals surface area (Å²) in [5.41, 5.74) is 0. The second-order valence-corrected chi connectivity index (χ2v) is 2.72. The highest BCUT2D eigenvalue weighted by Gasteiger charge is 2.10. The monoisotopic (exact) mass is 198 g/mol. The highest BCUT2D eigenvalue weighted by molar-refractivity contribution is 5.60. The summed E-state index contributed by atoms with van der Waals surface area (Å²) in [6, 6.07) is 0. The van der Waals surface area contributed by atoms with Crippen LogP contribution in [-0.2, 0) is 9.47 Å². The fourth-order valence-electron chi connectivity index (χ4n) is 0.928. The van der Waals surface area contributed by atoms with Crippen molar-refractivity contribution in [1.82, 2.24) is 0 Å². The molecule has 0 aromatic rings. The first kappa shape index (κ1) is 12.8. The molecule has 14 heavy (non-hydrogen) atoms. The first-order chi connectivity index (χ1) is 6.74. The Morgan fingerprint density at radius 1 is 1.57 bits per heavy atom. The predicted molar refractivity (Wildman–Crippen MR) is 56.1 cm³/mol. The fourth-order valence-corrected chi connectivity index (χ4v) is 0.928. The molecule has 0 aromatic carbocycles. The third-order valence-electron chi connectivity index (χ3n) is 1.63. The molecular weight excluding hydrogens is 180 g/mol. The number of rotatable bonds is 6. The van der Waals surface area contributed by atoms with Crippen molar-refractivity contribution in [2.45, 2.75) is 32.8 Å². The third-order valence-corrected chi connectivity index (χ3v) is 1.63. The molecule has 0 aromatic heterocycles. The van der Waals surface area contributed by atoms with Crippen molar-refractivity contribution in [3.05, 3.63) is 24.8 Å². The van der Waals surface area contributed by atoms with E-state index in [0.717, 1.165) is 12.8 Å². The molecule has 0 aliphatic rings. The van der Waals surface area contributed by atoms with Crippen molar-refractivity contribution in [1.29, 1.82) is 0 Å². The summed E-state index contributed by atoms with van der Waals surface area (Å²) in [5, 5.41) is 0. The quantitative estimate of drug-likeness (QED) is 0.486. The van der Waals surface area contributed by atoms with Gasteiger partial charge < -0.3 is 9.47 Å². The number of hydrogen-bond donors (Lipinski definition) is 0. The van der Waals surface area contributed by atoms with Gasteiger partial charge in [0.15, 0.2) is 0 Å². The fraction of sp³-hybridized carbons (Fsp3) is 0.545. The predicted octanol–water partition coefficient (Wildman–Crippen LogP) is 3.07. The Bertz CT molecular complexity index is 197. The van der Waals surface area contributed by atoms with Gasteiger partial charge in [-0.1, -0.05) is 24.8 Å². The van der Waals surface area contributed by atoms with Crippen LogP contribution >= 0.6 is 0 Å². The maximum atomic E-state index is 10.9. The number of hydrogen-bond acceptors (Lipinski definition) is 3. The summed E-state index contributed by atoms with van der Waals surface area (Å²) in [6.07, 6.45) is 6.32. The third kappa shape index (κ3) is 6.29. The highest BCUT2D eigenvalue weighted by Crippen LogP contribution is 2.05. The van der Waals surface area contributed by atoms with E-state index in [1.807, 2.05) is 19.1 Å². The van der Waals surface area contributed by atoms with Crippen LogP contribution in [-0.4, -0.2) is 18.9 Å². The minimum Gasteiger partial charge on any atom is -0.435 e. The average Bonchev–Trinajstić information content (AvgIpc) is 2.17. The standard InChI is InChI=1S/C11H18O3/c1-4-7-8-9-10(5-2)14-11(12)13-6-3/h4-5,7,10H,2,6,8-9H2,1,3H3/b7-4+. The van der Waals surface area contributed by atoms with E-state index in [1.54, 1.807) is 13.0 Å². The average molecular weight is 198 g/mol. The first-order valence-corrected chi connectivity index (χ1v) is 4.81. The summed E-state index contributed by atoms with van der Waals surface area (Å²) in [5.74, 6) is 0. The highest BCUT2D eigenvalue weighted by atomic mass is 16.7. The Balaban J connectivity index is 3.78. The summed E-state index contributed by atoms with van der Waals surface area (Å²) in [6.45, 7) is 7.62. The number of carbonyl (C=O) groups excluding carboxylic acids is 1. The molecule has 0 N–H and O–H groups in total. The van der Waals surface area contributed by atoms with Crippen LogP contribution in [0.2, 0.25) is 0 Å². The van der Waals surface area contributed by atoms with E-state index in [4.69, 9.17) is 4.74 Å². The summed E-state index contributed by atoms with van der Waals surface area (Å²) >= 11 is 0. The molecule has 0 radical (unpaired) electrons. The minimum atomic E-state index is -0.627. The van der Waals surface area contributed by atoms with Gasteiger partial charge in [-0.25, -0.2) is 4.79 Å². The molecule has 0 amide bonds. The van der Waals surface area contributed by atoms with Gasteiger partial charge in [0.25, 0.3) is 0 Å². The molecule has 0 rings (SSSR count). The summed E-state index contributed by atoms with van der Waals surface area (Å²) in [7, 11) is 0. The molecule has 3 heteroatoms. The zero-order valence-electron chi connectivity index (χ0n) is 8.86. The molecule has 0 heterocycles. The van der Waals surface area contributed by atoms with E-state index >= 15 is 0 Å². The molecule has 80 valence electrons. The largest absolute Gasteiger partial charge is 0.508 e. The number of ether oxygens (including phenoxy) is 2. The lowest BCUT2D eigenvalue weighted by molar-refractivity contribution is 0.0386. The topological polar surface area (TPSA) is 35.5 Å². The van der Waals surface area contributed by atoms with E-state index in [-0.39, 0.29) is 6.10 Å². The maximum Gasteiger partial charge on any atom is 0.508 e. The number of carbonyl (C=O) groups is 1. The molecule has 0 saturated heterocycles. The molecule has 0 saturated carbocycles. The summed E-state index contributed by atoms with van der Waals surface area (Å²) in [4.78, 5) is 10.9. The van der Waals surface area contributed by atoms with Gasteiger partial charge >= 0.3 is 6.16 Å². The Morgan fingerprint density at radius 3 is 2.79 bits per heavy atom. The van der Waals surface area contributed by atoms with Crippen LogP contribution in [0.5, 0.6) is 0 Å². The summed E-state index contributed by atoms with van der Waals surface area (Å²) < 4.78 is 9.63. The molecular formula is C11H18O3.